The maximum Gasteiger partial charge on any atom is 0.573 e. The molecule has 0 saturated heterocycles. The molecule has 0 fully saturated rings. The number of Topliss-reactive ketones (excluding diaryl/α,β-unsaturated/α-hetero) is 2. The number of aromatic nitrogens is 1. The quantitative estimate of drug-likeness (QED) is 0.117. The molecule has 57 heavy (non-hydrogen) atoms. The maximum atomic E-state index is 15.5. The summed E-state index contributed by atoms with van der Waals surface area (Å²) < 4.78 is 71.5. The molecule has 7 rings (SSSR count). The lowest BCUT2D eigenvalue weighted by molar-refractivity contribution is -0.274. The van der Waals surface area contributed by atoms with Crippen LogP contribution in [0.25, 0.3) is 0 Å². The third-order valence-electron chi connectivity index (χ3n) is 11.7. The Morgan fingerprint density at radius 1 is 0.965 bits per heavy atom. The molecular formula is C42H46F3N3O8Si. The molecule has 3 aliphatic rings. The molecule has 0 aliphatic heterocycles. The normalized spacial score (nSPS) is 22.1. The number of halogens is 3. The van der Waals surface area contributed by atoms with Crippen molar-refractivity contribution in [2.45, 2.75) is 83.0 Å². The van der Waals surface area contributed by atoms with Crippen LogP contribution in [-0.4, -0.2) is 61.1 Å². The van der Waals surface area contributed by atoms with Crippen molar-refractivity contribution in [1.82, 2.24) is 10.1 Å². The van der Waals surface area contributed by atoms with Gasteiger partial charge in [-0.05, 0) is 67.3 Å². The zero-order chi connectivity index (χ0) is 41.2. The number of nitrogens with two attached hydrogens (primary N) is 1. The van der Waals surface area contributed by atoms with Crippen LogP contribution in [0.3, 0.4) is 0 Å². The number of anilines is 1. The van der Waals surface area contributed by atoms with Gasteiger partial charge in [-0.1, -0.05) is 81.4 Å². The summed E-state index contributed by atoms with van der Waals surface area (Å²) in [5, 5.41) is 16.6. The summed E-state index contributed by atoms with van der Waals surface area (Å²) >= 11 is 0. The Morgan fingerprint density at radius 3 is 2.12 bits per heavy atom. The summed E-state index contributed by atoms with van der Waals surface area (Å²) in [6.07, 6.45) is -5.25. The van der Waals surface area contributed by atoms with Gasteiger partial charge >= 0.3 is 6.36 Å². The number of allylic oxidation sites excluding steroid dienone is 1. The number of ketones is 2. The van der Waals surface area contributed by atoms with E-state index in [9.17, 15) is 18.3 Å². The summed E-state index contributed by atoms with van der Waals surface area (Å²) in [6, 6.07) is 18.5. The molecule has 302 valence electrons. The monoisotopic (exact) mass is 805 g/mol. The van der Waals surface area contributed by atoms with Crippen molar-refractivity contribution < 1.29 is 51.0 Å². The number of hydrogen-bond acceptors (Lipinski definition) is 11. The molecule has 3 aromatic carbocycles. The lowest BCUT2D eigenvalue weighted by Crippen LogP contribution is -2.65. The van der Waals surface area contributed by atoms with Gasteiger partial charge in [-0.3, -0.25) is 14.5 Å². The minimum atomic E-state index is -5.11. The Bertz CT molecular complexity index is 2230. The van der Waals surface area contributed by atoms with Crippen LogP contribution in [0.4, 0.5) is 18.9 Å². The molecule has 4 atom stereocenters. The van der Waals surface area contributed by atoms with Crippen LogP contribution in [0, 0.1) is 11.8 Å². The van der Waals surface area contributed by atoms with Gasteiger partial charge in [0, 0.05) is 23.1 Å². The number of alkyl halides is 3. The van der Waals surface area contributed by atoms with E-state index in [4.69, 9.17) is 24.2 Å². The van der Waals surface area contributed by atoms with Gasteiger partial charge in [-0.2, -0.15) is 0 Å². The first-order valence-corrected chi connectivity index (χ1v) is 21.6. The molecule has 4 aromatic rings. The van der Waals surface area contributed by atoms with Gasteiger partial charge in [0.15, 0.2) is 31.2 Å². The first-order chi connectivity index (χ1) is 26.7. The van der Waals surface area contributed by atoms with Crippen LogP contribution in [0.15, 0.2) is 82.6 Å². The first kappa shape index (κ1) is 40.1. The number of aliphatic hydroxyl groups excluding tert-OH is 1. The van der Waals surface area contributed by atoms with Gasteiger partial charge in [-0.15, -0.1) is 13.2 Å². The number of hydrogen-bond donors (Lipinski definition) is 2. The number of carbonyl (C=O) groups excluding carboxylic acids is 2. The number of nitrogen functional groups attached to an aromatic ring is 1. The summed E-state index contributed by atoms with van der Waals surface area (Å²) in [7, 11) is 0.527. The molecule has 0 bridgehead atoms. The van der Waals surface area contributed by atoms with Crippen molar-refractivity contribution in [3.8, 4) is 17.4 Å². The number of benzene rings is 3. The highest BCUT2D eigenvalue weighted by Crippen LogP contribution is 2.60. The fraction of sp³-hybridized carbons (Fsp3) is 0.405. The summed E-state index contributed by atoms with van der Waals surface area (Å²) in [6.45, 7) is 9.82. The number of aliphatic hydroxyl groups is 1. The van der Waals surface area contributed by atoms with Gasteiger partial charge in [0.25, 0.3) is 5.88 Å². The average molecular weight is 806 g/mol. The molecule has 0 radical (unpaired) electrons. The summed E-state index contributed by atoms with van der Waals surface area (Å²) in [5.41, 5.74) is 4.91. The molecule has 1 heterocycles. The largest absolute Gasteiger partial charge is 0.573 e. The van der Waals surface area contributed by atoms with Crippen molar-refractivity contribution in [3.63, 3.8) is 0 Å². The second-order valence-electron chi connectivity index (χ2n) is 16.6. The van der Waals surface area contributed by atoms with Crippen molar-refractivity contribution in [2.24, 2.45) is 11.8 Å². The van der Waals surface area contributed by atoms with E-state index in [2.05, 4.69) is 9.89 Å². The standard InChI is InChI=1S/C42H46F3N3O8Si/c1-40(2,3)57(6,7)56-41-27(33(48(4)5)36-32(38(41)51)39(47-55-36)53-22-24-16-12-9-13-17-24)19-25-18-26-29(54-42(43,44)45)20-28(46)35(31(26)34(49)30(25)37(41)50)52-21-23-14-10-8-11-15-23/h8-17,20,25,27,33,50H,18-19,21-22,46H2,1-7H3/t25-,27-,33-,41?/m0/s1. The molecule has 3 N–H and O–H groups in total. The first-order valence-electron chi connectivity index (χ1n) is 18.7. The number of ether oxygens (including phenoxy) is 3. The zero-order valence-electron chi connectivity index (χ0n) is 32.8. The Kier molecular flexibility index (Phi) is 10.1. The second-order valence-corrected chi connectivity index (χ2v) is 21.4. The second kappa shape index (κ2) is 14.4. The Balaban J connectivity index is 1.44. The van der Waals surface area contributed by atoms with Gasteiger partial charge in [-0.25, -0.2) is 0 Å². The molecule has 0 spiro atoms. The number of nitrogens with zero attached hydrogens (tertiary/aromatic N) is 2. The van der Waals surface area contributed by atoms with Crippen LogP contribution in [0.1, 0.15) is 76.4 Å². The average Bonchev–Trinajstić information content (AvgIpc) is 3.55. The topological polar surface area (TPSA) is 147 Å². The zero-order valence-corrected chi connectivity index (χ0v) is 33.8. The molecule has 15 heteroatoms. The Hall–Kier alpha value is -5.12. The fourth-order valence-electron chi connectivity index (χ4n) is 8.10. The van der Waals surface area contributed by atoms with E-state index in [0.717, 1.165) is 11.6 Å². The van der Waals surface area contributed by atoms with E-state index in [1.54, 1.807) is 38.4 Å². The highest BCUT2D eigenvalue weighted by Gasteiger charge is 2.67. The Morgan fingerprint density at radius 2 is 1.56 bits per heavy atom. The van der Waals surface area contributed by atoms with Gasteiger partial charge in [0.2, 0.25) is 5.78 Å². The number of fused-ring (bicyclic) bond motifs is 4. The third-order valence-corrected chi connectivity index (χ3v) is 16.2. The summed E-state index contributed by atoms with van der Waals surface area (Å²) in [5.74, 6) is -4.63. The van der Waals surface area contributed by atoms with E-state index in [1.807, 2.05) is 75.2 Å². The molecule has 11 nitrogen and oxygen atoms in total. The van der Waals surface area contributed by atoms with Gasteiger partial charge in [0.05, 0.1) is 17.3 Å². The molecule has 0 amide bonds. The number of carbonyl (C=O) groups is 2. The molecule has 0 saturated carbocycles. The van der Waals surface area contributed by atoms with E-state index in [0.29, 0.717) is 5.56 Å². The van der Waals surface area contributed by atoms with E-state index in [1.165, 1.54) is 0 Å². The van der Waals surface area contributed by atoms with Crippen molar-refractivity contribution in [1.29, 1.82) is 0 Å². The lowest BCUT2D eigenvalue weighted by Gasteiger charge is -2.55. The van der Waals surface area contributed by atoms with E-state index < -0.39 is 66.3 Å². The van der Waals surface area contributed by atoms with Crippen LogP contribution in [0.2, 0.25) is 18.1 Å². The maximum absolute atomic E-state index is 15.5. The predicted octanol–water partition coefficient (Wildman–Crippen LogP) is 8.76. The minimum absolute atomic E-state index is 0.0224. The molecule has 1 aromatic heterocycles. The van der Waals surface area contributed by atoms with Crippen molar-refractivity contribution in [3.05, 3.63) is 112 Å². The van der Waals surface area contributed by atoms with Gasteiger partial charge in [0.1, 0.15) is 30.3 Å². The third kappa shape index (κ3) is 6.99. The van der Waals surface area contributed by atoms with Gasteiger partial charge < -0.3 is 34.0 Å². The molecule has 3 aliphatic carbocycles. The van der Waals surface area contributed by atoms with Crippen LogP contribution in [-0.2, 0) is 24.1 Å². The SMILES string of the molecule is CN(C)[C@@H]1c2onc(OCc3ccccc3)c2C(=O)C2(O[Si](C)(C)C(C)(C)C)C(O)=C3C(=O)c4c(c(OC(F)(F)F)cc(N)c4OCc4ccccc4)C[C@H]3C[C@@H]12. The molecule has 1 unspecified atom stereocenters. The number of rotatable bonds is 10. The van der Waals surface area contributed by atoms with Crippen LogP contribution in [0.5, 0.6) is 17.4 Å². The summed E-state index contributed by atoms with van der Waals surface area (Å²) in [4.78, 5) is 32.4. The van der Waals surface area contributed by atoms with Crippen molar-refractivity contribution in [2.75, 3.05) is 19.8 Å². The lowest BCUT2D eigenvalue weighted by atomic mass is 9.58. The fourth-order valence-corrected chi connectivity index (χ4v) is 9.55. The van der Waals surface area contributed by atoms with E-state index >= 15 is 9.59 Å². The predicted molar refractivity (Wildman–Crippen MR) is 207 cm³/mol. The Labute approximate surface area is 329 Å². The highest BCUT2D eigenvalue weighted by atomic mass is 28.4. The van der Waals surface area contributed by atoms with E-state index in [-0.39, 0.29) is 71.4 Å². The smallest absolute Gasteiger partial charge is 0.508 e. The molecular weight excluding hydrogens is 760 g/mol. The highest BCUT2D eigenvalue weighted by molar-refractivity contribution is 6.74. The van der Waals surface area contributed by atoms with Crippen molar-refractivity contribution >= 4 is 25.6 Å². The van der Waals surface area contributed by atoms with Crippen LogP contribution < -0.4 is 19.9 Å². The minimum Gasteiger partial charge on any atom is -0.508 e. The van der Waals surface area contributed by atoms with Crippen LogP contribution >= 0.6 is 0 Å².